The molecule has 0 fully saturated rings. The van der Waals surface area contributed by atoms with E-state index >= 15 is 0 Å². The van der Waals surface area contributed by atoms with Gasteiger partial charge in [-0.25, -0.2) is 19.0 Å². The predicted octanol–water partition coefficient (Wildman–Crippen LogP) is 5.46. The van der Waals surface area contributed by atoms with Gasteiger partial charge in [-0.15, -0.1) is 0 Å². The van der Waals surface area contributed by atoms with E-state index in [2.05, 4.69) is 39.4 Å². The van der Waals surface area contributed by atoms with Gasteiger partial charge in [0.25, 0.3) is 0 Å². The molecule has 0 saturated heterocycles. The van der Waals surface area contributed by atoms with Crippen LogP contribution >= 0.6 is 0 Å². The maximum Gasteiger partial charge on any atom is 0.163 e. The minimum absolute atomic E-state index is 0. The highest BCUT2D eigenvalue weighted by atomic mass is 19.1. The van der Waals surface area contributed by atoms with E-state index in [9.17, 15) is 4.39 Å². The molecule has 4 aromatic rings. The summed E-state index contributed by atoms with van der Waals surface area (Å²) >= 11 is 0. The molecule has 0 saturated carbocycles. The number of aromatic nitrogens is 4. The number of fused-ring (bicyclic) bond motifs is 1. The first-order chi connectivity index (χ1) is 13.1. The Morgan fingerprint density at radius 2 is 1.86 bits per heavy atom. The fraction of sp³-hybridized carbons (Fsp3) is 0.227. The van der Waals surface area contributed by atoms with E-state index in [0.29, 0.717) is 29.8 Å². The van der Waals surface area contributed by atoms with E-state index in [1.807, 2.05) is 29.8 Å². The van der Waals surface area contributed by atoms with Crippen LogP contribution in [0.3, 0.4) is 0 Å². The molecule has 0 aliphatic heterocycles. The molecule has 2 aromatic carbocycles. The highest BCUT2D eigenvalue weighted by Crippen LogP contribution is 2.26. The molecular formula is C22H24FN5. The monoisotopic (exact) mass is 377 g/mol. The normalized spacial score (nSPS) is 11.8. The second kappa shape index (κ2) is 8.17. The van der Waals surface area contributed by atoms with Crippen molar-refractivity contribution in [3.63, 3.8) is 0 Å². The van der Waals surface area contributed by atoms with Crippen molar-refractivity contribution < 1.29 is 4.39 Å². The first kappa shape index (κ1) is 19.5. The molecule has 1 unspecified atom stereocenters. The van der Waals surface area contributed by atoms with Crippen LogP contribution in [0.4, 0.5) is 15.9 Å². The third kappa shape index (κ3) is 4.01. The van der Waals surface area contributed by atoms with Gasteiger partial charge in [-0.05, 0) is 30.7 Å². The van der Waals surface area contributed by atoms with Crippen LogP contribution in [0.5, 0.6) is 0 Å². The van der Waals surface area contributed by atoms with Gasteiger partial charge in [0.05, 0.1) is 11.6 Å². The minimum atomic E-state index is -0.297. The molecule has 0 aliphatic carbocycles. The number of hydrogen-bond donors (Lipinski definition) is 1. The Kier molecular flexibility index (Phi) is 5.68. The molecule has 0 bridgehead atoms. The van der Waals surface area contributed by atoms with Crippen molar-refractivity contribution in [3.8, 4) is 0 Å². The minimum Gasteiger partial charge on any atom is -0.339 e. The van der Waals surface area contributed by atoms with Gasteiger partial charge in [-0.2, -0.15) is 5.10 Å². The van der Waals surface area contributed by atoms with E-state index in [4.69, 9.17) is 0 Å². The van der Waals surface area contributed by atoms with Crippen molar-refractivity contribution in [2.45, 2.75) is 33.7 Å². The van der Waals surface area contributed by atoms with Crippen molar-refractivity contribution >= 4 is 22.5 Å². The van der Waals surface area contributed by atoms with Gasteiger partial charge < -0.3 is 5.32 Å². The van der Waals surface area contributed by atoms with Gasteiger partial charge in [0.2, 0.25) is 0 Å². The summed E-state index contributed by atoms with van der Waals surface area (Å²) in [5.74, 6) is 1.26. The summed E-state index contributed by atoms with van der Waals surface area (Å²) in [5, 5.41) is 8.51. The molecule has 2 aromatic heterocycles. The van der Waals surface area contributed by atoms with Gasteiger partial charge in [0, 0.05) is 18.2 Å². The fourth-order valence-corrected chi connectivity index (χ4v) is 3.14. The Hall–Kier alpha value is -3.28. The highest BCUT2D eigenvalue weighted by Gasteiger charge is 2.14. The Morgan fingerprint density at radius 1 is 1.07 bits per heavy atom. The summed E-state index contributed by atoms with van der Waals surface area (Å²) in [6.45, 7) is 4.72. The fourth-order valence-electron chi connectivity index (χ4n) is 3.14. The van der Waals surface area contributed by atoms with Crippen molar-refractivity contribution in [1.29, 1.82) is 0 Å². The zero-order chi connectivity index (χ0) is 18.8. The SMILES string of the molecule is C.Cc1nc(Nc2cccc(F)c2)c2cnn(CC(C)c3ccccc3)c2n1. The van der Waals surface area contributed by atoms with E-state index in [1.54, 1.807) is 18.3 Å². The number of rotatable bonds is 5. The van der Waals surface area contributed by atoms with Gasteiger partial charge in [-0.3, -0.25) is 0 Å². The molecule has 0 amide bonds. The lowest BCUT2D eigenvalue weighted by molar-refractivity contribution is 0.554. The summed E-state index contributed by atoms with van der Waals surface area (Å²) in [5.41, 5.74) is 2.66. The number of nitrogens with zero attached hydrogens (tertiary/aromatic N) is 4. The number of nitrogens with one attached hydrogen (secondary N) is 1. The lowest BCUT2D eigenvalue weighted by atomic mass is 10.0. The van der Waals surface area contributed by atoms with Crippen molar-refractivity contribution in [3.05, 3.63) is 78.0 Å². The molecule has 0 spiro atoms. The average molecular weight is 377 g/mol. The van der Waals surface area contributed by atoms with Crippen molar-refractivity contribution in [1.82, 2.24) is 19.7 Å². The Balaban J connectivity index is 0.00000225. The van der Waals surface area contributed by atoms with E-state index in [-0.39, 0.29) is 13.2 Å². The molecule has 5 nitrogen and oxygen atoms in total. The average Bonchev–Trinajstić information content (AvgIpc) is 3.05. The number of anilines is 2. The molecule has 1 N–H and O–H groups in total. The topological polar surface area (TPSA) is 55.6 Å². The van der Waals surface area contributed by atoms with Crippen LogP contribution in [0.1, 0.15) is 31.7 Å². The van der Waals surface area contributed by atoms with Gasteiger partial charge in [0.1, 0.15) is 17.5 Å². The summed E-state index contributed by atoms with van der Waals surface area (Å²) < 4.78 is 15.4. The van der Waals surface area contributed by atoms with Gasteiger partial charge >= 0.3 is 0 Å². The quantitative estimate of drug-likeness (QED) is 0.502. The zero-order valence-corrected chi connectivity index (χ0v) is 15.2. The summed E-state index contributed by atoms with van der Waals surface area (Å²) in [6, 6.07) is 16.6. The molecule has 6 heteroatoms. The third-order valence-corrected chi connectivity index (χ3v) is 4.51. The second-order valence-corrected chi connectivity index (χ2v) is 6.63. The first-order valence-electron chi connectivity index (χ1n) is 8.88. The van der Waals surface area contributed by atoms with Crippen molar-refractivity contribution in [2.24, 2.45) is 0 Å². The summed E-state index contributed by atoms with van der Waals surface area (Å²) in [7, 11) is 0. The van der Waals surface area contributed by atoms with Crippen LogP contribution in [0, 0.1) is 12.7 Å². The summed E-state index contributed by atoms with van der Waals surface area (Å²) in [6.07, 6.45) is 1.76. The Labute approximate surface area is 164 Å². The van der Waals surface area contributed by atoms with E-state index in [1.165, 1.54) is 17.7 Å². The van der Waals surface area contributed by atoms with Crippen LogP contribution in [0.15, 0.2) is 60.8 Å². The Morgan fingerprint density at radius 3 is 2.61 bits per heavy atom. The number of aryl methyl sites for hydroxylation is 1. The molecule has 2 heterocycles. The van der Waals surface area contributed by atoms with E-state index in [0.717, 1.165) is 11.0 Å². The largest absolute Gasteiger partial charge is 0.339 e. The molecule has 0 radical (unpaired) electrons. The maximum absolute atomic E-state index is 13.5. The van der Waals surface area contributed by atoms with Crippen LogP contribution < -0.4 is 5.32 Å². The van der Waals surface area contributed by atoms with Crippen LogP contribution in [0.25, 0.3) is 11.0 Å². The molecule has 144 valence electrons. The smallest absolute Gasteiger partial charge is 0.163 e. The van der Waals surface area contributed by atoms with Crippen LogP contribution in [-0.2, 0) is 6.54 Å². The van der Waals surface area contributed by atoms with Crippen LogP contribution in [0.2, 0.25) is 0 Å². The lowest BCUT2D eigenvalue weighted by Crippen LogP contribution is -2.09. The lowest BCUT2D eigenvalue weighted by Gasteiger charge is -2.13. The summed E-state index contributed by atoms with van der Waals surface area (Å²) in [4.78, 5) is 9.06. The van der Waals surface area contributed by atoms with Crippen molar-refractivity contribution in [2.75, 3.05) is 5.32 Å². The molecular weight excluding hydrogens is 353 g/mol. The molecule has 0 aliphatic rings. The second-order valence-electron chi connectivity index (χ2n) is 6.63. The Bertz CT molecular complexity index is 1070. The molecule has 1 atom stereocenters. The van der Waals surface area contributed by atoms with E-state index < -0.39 is 0 Å². The first-order valence-corrected chi connectivity index (χ1v) is 8.88. The molecule has 4 rings (SSSR count). The third-order valence-electron chi connectivity index (χ3n) is 4.51. The number of hydrogen-bond acceptors (Lipinski definition) is 4. The number of benzene rings is 2. The molecule has 28 heavy (non-hydrogen) atoms. The van der Waals surface area contributed by atoms with Crippen LogP contribution in [-0.4, -0.2) is 19.7 Å². The number of halogens is 1. The van der Waals surface area contributed by atoms with Gasteiger partial charge in [0.15, 0.2) is 5.65 Å². The zero-order valence-electron chi connectivity index (χ0n) is 15.2. The standard InChI is InChI=1S/C21H20FN5.CH4/c1-14(16-7-4-3-5-8-16)13-27-21-19(12-23-27)20(24-15(2)25-21)26-18-10-6-9-17(22)11-18;/h3-12,14H,13H2,1-2H3,(H,24,25,26);1H4. The predicted molar refractivity (Wildman–Crippen MR) is 111 cm³/mol. The maximum atomic E-state index is 13.5. The van der Waals surface area contributed by atoms with Gasteiger partial charge in [-0.1, -0.05) is 50.7 Å². The highest BCUT2D eigenvalue weighted by molar-refractivity contribution is 5.88.